The van der Waals surface area contributed by atoms with Crippen LogP contribution >= 0.6 is 0 Å². The number of ether oxygens (including phenoxy) is 4. The van der Waals surface area contributed by atoms with Gasteiger partial charge in [-0.2, -0.15) is 0 Å². The molecule has 3 aliphatic rings. The molecule has 1 saturated carbocycles. The number of anilines is 2. The molecule has 0 amide bonds. The molecular formula is C25H30N6O4. The number of benzene rings is 1. The molecule has 184 valence electrons. The highest BCUT2D eigenvalue weighted by Crippen LogP contribution is 2.33. The van der Waals surface area contributed by atoms with Gasteiger partial charge in [0, 0.05) is 43.3 Å². The zero-order valence-corrected chi connectivity index (χ0v) is 19.6. The maximum atomic E-state index is 6.52. The topological polar surface area (TPSA) is 104 Å². The van der Waals surface area contributed by atoms with Crippen LogP contribution in [0, 0.1) is 0 Å². The van der Waals surface area contributed by atoms with Crippen LogP contribution in [0.3, 0.4) is 0 Å². The first-order valence-corrected chi connectivity index (χ1v) is 12.4. The van der Waals surface area contributed by atoms with Crippen molar-refractivity contribution in [2.45, 2.75) is 43.9 Å². The Morgan fingerprint density at radius 1 is 0.829 bits per heavy atom. The summed E-state index contributed by atoms with van der Waals surface area (Å²) in [6.45, 7) is 4.47. The largest absolute Gasteiger partial charge is 0.488 e. The molecule has 0 unspecified atom stereocenters. The summed E-state index contributed by atoms with van der Waals surface area (Å²) in [4.78, 5) is 20.2. The van der Waals surface area contributed by atoms with Crippen LogP contribution in [-0.4, -0.2) is 77.7 Å². The summed E-state index contributed by atoms with van der Waals surface area (Å²) in [7, 11) is 0. The van der Waals surface area contributed by atoms with E-state index in [1.807, 2.05) is 0 Å². The highest BCUT2D eigenvalue weighted by atomic mass is 16.6. The minimum Gasteiger partial charge on any atom is -0.488 e. The number of hydrogen-bond acceptors (Lipinski definition) is 10. The molecule has 0 atom stereocenters. The number of nitrogens with zero attached hydrogens (tertiary/aromatic N) is 5. The molecule has 1 aromatic carbocycles. The predicted octanol–water partition coefficient (Wildman–Crippen LogP) is 2.84. The van der Waals surface area contributed by atoms with E-state index in [9.17, 15) is 0 Å². The fraction of sp³-hybridized carbons (Fsp3) is 0.520. The molecule has 10 heteroatoms. The summed E-state index contributed by atoms with van der Waals surface area (Å²) in [5.74, 6) is 2.12. The zero-order valence-electron chi connectivity index (χ0n) is 19.6. The van der Waals surface area contributed by atoms with Gasteiger partial charge < -0.3 is 29.2 Å². The van der Waals surface area contributed by atoms with Gasteiger partial charge in [0.05, 0.1) is 50.4 Å². The summed E-state index contributed by atoms with van der Waals surface area (Å²) in [5, 5.41) is 3.46. The number of nitrogens with one attached hydrogen (secondary N) is 1. The van der Waals surface area contributed by atoms with E-state index in [0.717, 1.165) is 74.5 Å². The second-order valence-electron chi connectivity index (χ2n) is 9.22. The molecule has 3 aromatic rings. The Morgan fingerprint density at radius 3 is 2.34 bits per heavy atom. The molecule has 1 aliphatic carbocycles. The Balaban J connectivity index is 1.07. The van der Waals surface area contributed by atoms with E-state index in [1.165, 1.54) is 0 Å². The van der Waals surface area contributed by atoms with Crippen molar-refractivity contribution in [2.75, 3.05) is 49.7 Å². The van der Waals surface area contributed by atoms with Crippen molar-refractivity contribution in [3.05, 3.63) is 36.9 Å². The molecule has 2 saturated heterocycles. The number of fused-ring (bicyclic) bond motifs is 1. The zero-order chi connectivity index (χ0) is 23.5. The quantitative estimate of drug-likeness (QED) is 0.545. The van der Waals surface area contributed by atoms with Gasteiger partial charge in [-0.25, -0.2) is 15.0 Å². The van der Waals surface area contributed by atoms with E-state index < -0.39 is 0 Å². The van der Waals surface area contributed by atoms with Gasteiger partial charge in [-0.05, 0) is 31.7 Å². The van der Waals surface area contributed by atoms with Crippen LogP contribution in [0.25, 0.3) is 11.0 Å². The number of aromatic nitrogens is 4. The molecule has 3 fully saturated rings. The molecule has 0 bridgehead atoms. The van der Waals surface area contributed by atoms with Gasteiger partial charge in [-0.3, -0.25) is 4.98 Å². The van der Waals surface area contributed by atoms with Crippen molar-refractivity contribution in [1.29, 1.82) is 0 Å². The molecule has 2 aliphatic heterocycles. The van der Waals surface area contributed by atoms with Crippen LogP contribution < -0.4 is 19.7 Å². The highest BCUT2D eigenvalue weighted by molar-refractivity contribution is 5.85. The fourth-order valence-electron chi connectivity index (χ4n) is 4.74. The lowest BCUT2D eigenvalue weighted by molar-refractivity contribution is -0.0799. The summed E-state index contributed by atoms with van der Waals surface area (Å²) in [5.41, 5.74) is 2.78. The Bertz CT molecular complexity index is 1130. The average molecular weight is 479 g/mol. The van der Waals surface area contributed by atoms with E-state index >= 15 is 0 Å². The lowest BCUT2D eigenvalue weighted by Gasteiger charge is -2.31. The van der Waals surface area contributed by atoms with Gasteiger partial charge >= 0.3 is 0 Å². The summed E-state index contributed by atoms with van der Waals surface area (Å²) < 4.78 is 22.9. The molecule has 0 radical (unpaired) electrons. The maximum absolute atomic E-state index is 6.52. The second-order valence-corrected chi connectivity index (χ2v) is 9.22. The van der Waals surface area contributed by atoms with Crippen molar-refractivity contribution >= 4 is 22.7 Å². The smallest absolute Gasteiger partial charge is 0.223 e. The van der Waals surface area contributed by atoms with E-state index in [1.54, 1.807) is 24.8 Å². The molecule has 35 heavy (non-hydrogen) atoms. The van der Waals surface area contributed by atoms with E-state index in [-0.39, 0.29) is 12.2 Å². The number of hydrogen-bond donors (Lipinski definition) is 1. The van der Waals surface area contributed by atoms with E-state index in [2.05, 4.69) is 42.3 Å². The van der Waals surface area contributed by atoms with Crippen LogP contribution in [0.5, 0.6) is 11.5 Å². The molecule has 2 aromatic heterocycles. The first kappa shape index (κ1) is 22.2. The van der Waals surface area contributed by atoms with E-state index in [4.69, 9.17) is 18.9 Å². The fourth-order valence-corrected chi connectivity index (χ4v) is 4.74. The SMILES string of the molecule is c1cnc2c(O[C@H]3CC[C@@H](Nc4ncc(OC5COC5)cn4)CC3)cc(N3CCOCC3)cc2n1. The Hall–Kier alpha value is -3.24. The third-order valence-corrected chi connectivity index (χ3v) is 6.74. The molecule has 4 heterocycles. The molecular weight excluding hydrogens is 448 g/mol. The van der Waals surface area contributed by atoms with Crippen LogP contribution in [0.2, 0.25) is 0 Å². The minimum absolute atomic E-state index is 0.116. The third kappa shape index (κ3) is 5.23. The van der Waals surface area contributed by atoms with Gasteiger partial charge in [-0.1, -0.05) is 0 Å². The van der Waals surface area contributed by atoms with Crippen molar-refractivity contribution in [3.8, 4) is 11.5 Å². The van der Waals surface area contributed by atoms with E-state index in [0.29, 0.717) is 31.0 Å². The number of rotatable bonds is 7. The van der Waals surface area contributed by atoms with Gasteiger partial charge in [0.2, 0.25) is 5.95 Å². The first-order chi connectivity index (χ1) is 17.3. The van der Waals surface area contributed by atoms with Crippen molar-refractivity contribution in [2.24, 2.45) is 0 Å². The van der Waals surface area contributed by atoms with Crippen LogP contribution in [0.15, 0.2) is 36.9 Å². The van der Waals surface area contributed by atoms with Crippen LogP contribution in [0.1, 0.15) is 25.7 Å². The van der Waals surface area contributed by atoms with Crippen LogP contribution in [0.4, 0.5) is 11.6 Å². The molecule has 1 N–H and O–H groups in total. The maximum Gasteiger partial charge on any atom is 0.223 e. The monoisotopic (exact) mass is 478 g/mol. The highest BCUT2D eigenvalue weighted by Gasteiger charge is 2.25. The molecule has 10 nitrogen and oxygen atoms in total. The molecule has 6 rings (SSSR count). The van der Waals surface area contributed by atoms with Crippen molar-refractivity contribution < 1.29 is 18.9 Å². The standard InChI is InChI=1S/C25H30N6O4/c1-3-19(4-2-17(1)30-25-28-13-20(14-29-25)34-21-15-33-16-21)35-23-12-18(31-7-9-32-10-8-31)11-22-24(23)27-6-5-26-22/h5-6,11-14,17,19,21H,1-4,7-10,15-16H2,(H,28,29,30)/t17-,19+. The Kier molecular flexibility index (Phi) is 6.46. The third-order valence-electron chi connectivity index (χ3n) is 6.74. The summed E-state index contributed by atoms with van der Waals surface area (Å²) in [6, 6.07) is 4.52. The van der Waals surface area contributed by atoms with Gasteiger partial charge in [0.15, 0.2) is 5.75 Å². The average Bonchev–Trinajstić information content (AvgIpc) is 2.89. The van der Waals surface area contributed by atoms with Crippen LogP contribution in [-0.2, 0) is 9.47 Å². The van der Waals surface area contributed by atoms with Crippen molar-refractivity contribution in [3.63, 3.8) is 0 Å². The van der Waals surface area contributed by atoms with Gasteiger partial charge in [0.1, 0.15) is 17.4 Å². The predicted molar refractivity (Wildman–Crippen MR) is 130 cm³/mol. The minimum atomic E-state index is 0.116. The Morgan fingerprint density at radius 2 is 1.60 bits per heavy atom. The summed E-state index contributed by atoms with van der Waals surface area (Å²) in [6.07, 6.45) is 11.0. The number of morpholine rings is 1. The lowest BCUT2D eigenvalue weighted by atomic mass is 9.93. The second kappa shape index (κ2) is 10.2. The van der Waals surface area contributed by atoms with Gasteiger partial charge in [-0.15, -0.1) is 0 Å². The summed E-state index contributed by atoms with van der Waals surface area (Å²) >= 11 is 0. The Labute approximate surface area is 204 Å². The first-order valence-electron chi connectivity index (χ1n) is 12.4. The van der Waals surface area contributed by atoms with Gasteiger partial charge in [0.25, 0.3) is 0 Å². The van der Waals surface area contributed by atoms with Crippen molar-refractivity contribution in [1.82, 2.24) is 19.9 Å². The molecule has 0 spiro atoms. The normalized spacial score (nSPS) is 23.0. The lowest BCUT2D eigenvalue weighted by Crippen LogP contribution is -2.38.